The van der Waals surface area contributed by atoms with Gasteiger partial charge in [0.05, 0.1) is 35.8 Å². The van der Waals surface area contributed by atoms with Crippen molar-refractivity contribution in [2.75, 3.05) is 34.3 Å². The minimum atomic E-state index is -0.747. The zero-order chi connectivity index (χ0) is 39.7. The van der Waals surface area contributed by atoms with Gasteiger partial charge in [0, 0.05) is 62.5 Å². The van der Waals surface area contributed by atoms with Crippen molar-refractivity contribution in [3.63, 3.8) is 0 Å². The van der Waals surface area contributed by atoms with E-state index in [1.165, 1.54) is 0 Å². The number of hydrogen-bond donors (Lipinski definition) is 3. The molecule has 1 aromatic carbocycles. The summed E-state index contributed by atoms with van der Waals surface area (Å²) in [6, 6.07) is 8.34. The summed E-state index contributed by atoms with van der Waals surface area (Å²) in [6.07, 6.45) is 4.21. The zero-order valence-electron chi connectivity index (χ0n) is 33.9. The normalized spacial score (nSPS) is 20.7. The highest BCUT2D eigenvalue weighted by molar-refractivity contribution is 5.90. The Hall–Kier alpha value is -4.10. The first kappa shape index (κ1) is 42.6. The molecule has 0 aliphatic carbocycles. The van der Waals surface area contributed by atoms with E-state index in [1.807, 2.05) is 59.0 Å². The molecule has 1 aromatic heterocycles. The van der Waals surface area contributed by atoms with E-state index in [9.17, 15) is 19.3 Å². The number of nitroso groups, excluding NO2 is 1. The van der Waals surface area contributed by atoms with Crippen LogP contribution in [0.15, 0.2) is 53.3 Å². The van der Waals surface area contributed by atoms with Gasteiger partial charge in [-0.1, -0.05) is 79.2 Å². The number of ether oxygens (including phenoxy) is 2. The van der Waals surface area contributed by atoms with Crippen molar-refractivity contribution < 1.29 is 23.9 Å². The predicted octanol–water partition coefficient (Wildman–Crippen LogP) is 4.99. The van der Waals surface area contributed by atoms with E-state index in [2.05, 4.69) is 57.0 Å². The number of benzene rings is 1. The van der Waals surface area contributed by atoms with E-state index >= 15 is 0 Å². The second kappa shape index (κ2) is 19.5. The number of aromatic nitrogens is 1. The van der Waals surface area contributed by atoms with E-state index in [-0.39, 0.29) is 47.4 Å². The van der Waals surface area contributed by atoms with Gasteiger partial charge in [-0.05, 0) is 49.1 Å². The summed E-state index contributed by atoms with van der Waals surface area (Å²) in [6.45, 7) is 14.9. The number of rotatable bonds is 19. The van der Waals surface area contributed by atoms with Gasteiger partial charge in [0.2, 0.25) is 17.7 Å². The smallest absolute Gasteiger partial charge is 0.275 e. The second-order valence-electron chi connectivity index (χ2n) is 15.7. The van der Waals surface area contributed by atoms with Crippen molar-refractivity contribution in [2.24, 2.45) is 28.8 Å². The van der Waals surface area contributed by atoms with Crippen molar-refractivity contribution in [1.29, 1.82) is 0 Å². The molecule has 1 saturated heterocycles. The highest BCUT2D eigenvalue weighted by atomic mass is 16.5. The number of carbonyl (C=O) groups is 3. The highest BCUT2D eigenvalue weighted by Crippen LogP contribution is 2.39. The van der Waals surface area contributed by atoms with Crippen LogP contribution in [0.5, 0.6) is 0 Å². The number of methoxy groups -OCH3 is 1. The maximum absolute atomic E-state index is 14.2. The highest BCUT2D eigenvalue weighted by Gasteiger charge is 2.46. The molecule has 298 valence electrons. The van der Waals surface area contributed by atoms with Gasteiger partial charge in [-0.2, -0.15) is 0 Å². The van der Waals surface area contributed by atoms with Crippen LogP contribution in [0.2, 0.25) is 0 Å². The Morgan fingerprint density at radius 3 is 2.35 bits per heavy atom. The fourth-order valence-corrected chi connectivity index (χ4v) is 8.22. The number of carbonyl (C=O) groups excluding carboxylic acids is 3. The van der Waals surface area contributed by atoms with Crippen LogP contribution in [0.3, 0.4) is 0 Å². The molecule has 13 heteroatoms. The summed E-state index contributed by atoms with van der Waals surface area (Å²) in [4.78, 5) is 61.7. The van der Waals surface area contributed by atoms with Gasteiger partial charge >= 0.3 is 0 Å². The minimum absolute atomic E-state index is 0.00932. The first-order chi connectivity index (χ1) is 25.8. The quantitative estimate of drug-likeness (QED) is 0.169. The Kier molecular flexibility index (Phi) is 15.4. The molecular weight excluding hydrogens is 686 g/mol. The van der Waals surface area contributed by atoms with Gasteiger partial charge in [-0.3, -0.25) is 19.4 Å². The lowest BCUT2D eigenvalue weighted by Gasteiger charge is -2.39. The molecule has 2 aliphatic heterocycles. The van der Waals surface area contributed by atoms with Crippen LogP contribution in [0.25, 0.3) is 10.8 Å². The maximum atomic E-state index is 14.2. The van der Waals surface area contributed by atoms with E-state index < -0.39 is 36.3 Å². The average Bonchev–Trinajstić information content (AvgIpc) is 3.81. The number of amides is 3. The first-order valence-electron chi connectivity index (χ1n) is 19.7. The third kappa shape index (κ3) is 9.76. The number of likely N-dealkylation sites (tertiary alicyclic amines) is 1. The number of nitrogens with one attached hydrogen (secondary N) is 3. The van der Waals surface area contributed by atoms with Gasteiger partial charge in [-0.25, -0.2) is 0 Å². The summed E-state index contributed by atoms with van der Waals surface area (Å²) in [5.74, 6) is -1.13. The van der Waals surface area contributed by atoms with E-state index in [1.54, 1.807) is 26.1 Å². The van der Waals surface area contributed by atoms with Crippen LogP contribution in [0.1, 0.15) is 79.8 Å². The molecule has 1 fully saturated rings. The van der Waals surface area contributed by atoms with Crippen molar-refractivity contribution in [1.82, 2.24) is 30.7 Å². The van der Waals surface area contributed by atoms with Gasteiger partial charge in [0.25, 0.3) is 5.88 Å². The Morgan fingerprint density at radius 2 is 1.74 bits per heavy atom. The van der Waals surface area contributed by atoms with Crippen LogP contribution in [0, 0.1) is 28.6 Å². The lowest BCUT2D eigenvalue weighted by molar-refractivity contribution is -0.142. The fraction of sp³-hybridized carbons (Fsp3) is 0.659. The molecule has 2 aliphatic rings. The van der Waals surface area contributed by atoms with Gasteiger partial charge in [-0.15, -0.1) is 4.91 Å². The molecule has 0 saturated carbocycles. The molecule has 13 nitrogen and oxygen atoms in total. The van der Waals surface area contributed by atoms with Crippen LogP contribution in [-0.2, 0) is 30.3 Å². The van der Waals surface area contributed by atoms with Crippen molar-refractivity contribution in [3.05, 3.63) is 58.7 Å². The molecule has 0 radical (unpaired) electrons. The largest absolute Gasteiger partial charge is 0.468 e. The monoisotopic (exact) mass is 749 g/mol. The molecule has 3 N–H and O–H groups in total. The fourth-order valence-electron chi connectivity index (χ4n) is 8.22. The average molecular weight is 750 g/mol. The Bertz CT molecular complexity index is 1630. The van der Waals surface area contributed by atoms with E-state index in [4.69, 9.17) is 9.47 Å². The molecule has 8 atom stereocenters. The standard InChI is InChI=1S/C41H63N7O6/c1-11-26(6)36(47(9)41(51)35(25(4)5)45-39(50)34(42-8)24(2)3)33-22-32(40(46-52)54-33)48-20-14-17-31(48)37(53-10)27(7)38(49)43-19-18-30-21-28-15-12-13-16-29(28)23-44-30/h12-13,15-16,21,23-27,31,33-37,42H,11,14,17-20,22H2,1-10H3,(H,43,49)(H,45,50)/t26-,27+,31-,33+,34-,35-,36?,37+/m0/s1. The third-order valence-corrected chi connectivity index (χ3v) is 11.5. The van der Waals surface area contributed by atoms with Crippen LogP contribution < -0.4 is 16.0 Å². The second-order valence-corrected chi connectivity index (χ2v) is 15.7. The SMILES string of the molecule is CC[C@H](C)C([C@H]1CC(N2CCC[C@H]2[C@H](OC)[C@@H](C)C(=O)NCCc2cc3ccccc3cn2)=C(N=O)O1)N(C)C(=O)[C@@H](NC(=O)[C@@H](NC)C(C)C)C(C)C. The third-order valence-electron chi connectivity index (χ3n) is 11.5. The summed E-state index contributed by atoms with van der Waals surface area (Å²) in [5, 5.41) is 14.7. The molecule has 0 bridgehead atoms. The molecule has 2 aromatic rings. The van der Waals surface area contributed by atoms with Gasteiger partial charge in [0.15, 0.2) is 0 Å². The number of likely N-dealkylation sites (N-methyl/N-ethyl adjacent to an activating group) is 2. The Morgan fingerprint density at radius 1 is 1.06 bits per heavy atom. The molecule has 54 heavy (non-hydrogen) atoms. The number of nitrogens with zero attached hydrogens (tertiary/aromatic N) is 4. The lowest BCUT2D eigenvalue weighted by atomic mass is 9.89. The Labute approximate surface area is 321 Å². The molecule has 0 spiro atoms. The van der Waals surface area contributed by atoms with Crippen LogP contribution in [0.4, 0.5) is 0 Å². The van der Waals surface area contributed by atoms with Crippen LogP contribution in [-0.4, -0.2) is 103 Å². The summed E-state index contributed by atoms with van der Waals surface area (Å²) in [7, 11) is 5.11. The van der Waals surface area contributed by atoms with Crippen molar-refractivity contribution >= 4 is 28.5 Å². The lowest BCUT2D eigenvalue weighted by Crippen LogP contribution is -2.59. The maximum Gasteiger partial charge on any atom is 0.275 e. The first-order valence-corrected chi connectivity index (χ1v) is 19.7. The number of pyridine rings is 1. The molecule has 3 heterocycles. The molecule has 4 rings (SSSR count). The number of hydrogen-bond acceptors (Lipinski definition) is 10. The van der Waals surface area contributed by atoms with E-state index in [0.717, 1.165) is 35.7 Å². The topological polar surface area (TPSA) is 155 Å². The van der Waals surface area contributed by atoms with Crippen molar-refractivity contribution in [3.8, 4) is 0 Å². The summed E-state index contributed by atoms with van der Waals surface area (Å²) >= 11 is 0. The van der Waals surface area contributed by atoms with Gasteiger partial charge in [0.1, 0.15) is 12.1 Å². The van der Waals surface area contributed by atoms with Crippen LogP contribution >= 0.6 is 0 Å². The molecular formula is C41H63N7O6. The zero-order valence-corrected chi connectivity index (χ0v) is 33.9. The van der Waals surface area contributed by atoms with Gasteiger partial charge < -0.3 is 35.2 Å². The summed E-state index contributed by atoms with van der Waals surface area (Å²) in [5.41, 5.74) is 1.58. The molecule has 1 unspecified atom stereocenters. The molecule has 3 amide bonds. The summed E-state index contributed by atoms with van der Waals surface area (Å²) < 4.78 is 12.4. The van der Waals surface area contributed by atoms with E-state index in [0.29, 0.717) is 31.6 Å². The number of fused-ring (bicyclic) bond motifs is 1. The Balaban J connectivity index is 1.46. The minimum Gasteiger partial charge on any atom is -0.468 e. The van der Waals surface area contributed by atoms with Crippen molar-refractivity contribution in [2.45, 2.75) is 117 Å². The predicted molar refractivity (Wildman–Crippen MR) is 211 cm³/mol.